The summed E-state index contributed by atoms with van der Waals surface area (Å²) in [5, 5.41) is 4.46. The molecule has 0 heterocycles. The molecule has 0 saturated heterocycles. The molecule has 0 radical (unpaired) electrons. The highest BCUT2D eigenvalue weighted by Gasteiger charge is 2.30. The lowest BCUT2D eigenvalue weighted by molar-refractivity contribution is -0.137. The van der Waals surface area contributed by atoms with E-state index >= 15 is 0 Å². The molecule has 0 fully saturated rings. The van der Waals surface area contributed by atoms with Gasteiger partial charge in [0.2, 0.25) is 0 Å². The van der Waals surface area contributed by atoms with E-state index in [0.717, 1.165) is 22.9 Å². The summed E-state index contributed by atoms with van der Waals surface area (Å²) >= 11 is 0. The molecule has 0 saturated carbocycles. The van der Waals surface area contributed by atoms with Gasteiger partial charge in [-0.1, -0.05) is 36.4 Å². The Kier molecular flexibility index (Phi) is 4.84. The number of hydrogen-bond donors (Lipinski definition) is 1. The topological polar surface area (TPSA) is 38.3 Å². The summed E-state index contributed by atoms with van der Waals surface area (Å²) in [6.45, 7) is 1.54. The van der Waals surface area contributed by atoms with Gasteiger partial charge in [0.1, 0.15) is 5.75 Å². The number of rotatable bonds is 4. The van der Waals surface area contributed by atoms with Gasteiger partial charge >= 0.3 is 6.18 Å². The van der Waals surface area contributed by atoms with Gasteiger partial charge in [0.05, 0.1) is 5.56 Å². The van der Waals surface area contributed by atoms with Crippen molar-refractivity contribution in [1.82, 2.24) is 0 Å². The minimum absolute atomic E-state index is 0.0683. The molecule has 1 amide bonds. The van der Waals surface area contributed by atoms with Crippen LogP contribution in [0.1, 0.15) is 12.5 Å². The molecule has 3 aromatic rings. The van der Waals surface area contributed by atoms with Gasteiger partial charge in [-0.3, -0.25) is 4.79 Å². The van der Waals surface area contributed by atoms with Crippen LogP contribution in [-0.2, 0) is 11.0 Å². The second-order valence-electron chi connectivity index (χ2n) is 5.84. The number of nitrogens with one attached hydrogen (secondary N) is 1. The van der Waals surface area contributed by atoms with E-state index in [0.29, 0.717) is 5.75 Å². The molecule has 0 bridgehead atoms. The molecule has 3 aromatic carbocycles. The van der Waals surface area contributed by atoms with Crippen molar-refractivity contribution in [3.63, 3.8) is 0 Å². The van der Waals surface area contributed by atoms with Gasteiger partial charge in [0, 0.05) is 5.69 Å². The highest BCUT2D eigenvalue weighted by Crippen LogP contribution is 2.30. The van der Waals surface area contributed by atoms with E-state index in [4.69, 9.17) is 4.74 Å². The molecule has 134 valence electrons. The quantitative estimate of drug-likeness (QED) is 0.690. The normalized spacial score (nSPS) is 12.6. The van der Waals surface area contributed by atoms with Crippen molar-refractivity contribution in [2.75, 3.05) is 5.32 Å². The van der Waals surface area contributed by atoms with Gasteiger partial charge in [-0.25, -0.2) is 0 Å². The largest absolute Gasteiger partial charge is 0.481 e. The fraction of sp³-hybridized carbons (Fsp3) is 0.150. The van der Waals surface area contributed by atoms with E-state index < -0.39 is 23.8 Å². The Morgan fingerprint density at radius 1 is 0.962 bits per heavy atom. The second kappa shape index (κ2) is 7.07. The van der Waals surface area contributed by atoms with Gasteiger partial charge < -0.3 is 10.1 Å². The first-order chi connectivity index (χ1) is 12.3. The highest BCUT2D eigenvalue weighted by atomic mass is 19.4. The zero-order valence-corrected chi connectivity index (χ0v) is 13.9. The molecule has 1 N–H and O–H groups in total. The maximum atomic E-state index is 12.7. The Morgan fingerprint density at radius 2 is 1.69 bits per heavy atom. The van der Waals surface area contributed by atoms with E-state index in [-0.39, 0.29) is 5.69 Å². The molecule has 3 nitrogen and oxygen atoms in total. The number of carbonyl (C=O) groups is 1. The van der Waals surface area contributed by atoms with Crippen LogP contribution in [-0.4, -0.2) is 12.0 Å². The summed E-state index contributed by atoms with van der Waals surface area (Å²) < 4.78 is 43.8. The number of anilines is 1. The number of benzene rings is 3. The van der Waals surface area contributed by atoms with Gasteiger partial charge in [-0.05, 0) is 48.0 Å². The van der Waals surface area contributed by atoms with Gasteiger partial charge in [-0.2, -0.15) is 13.2 Å². The third kappa shape index (κ3) is 4.14. The Morgan fingerprint density at radius 3 is 2.42 bits per heavy atom. The molecular formula is C20H16F3NO2. The predicted molar refractivity (Wildman–Crippen MR) is 94.1 cm³/mol. The zero-order chi connectivity index (χ0) is 18.7. The molecule has 0 aliphatic rings. The number of ether oxygens (including phenoxy) is 1. The molecule has 26 heavy (non-hydrogen) atoms. The van der Waals surface area contributed by atoms with E-state index in [1.807, 2.05) is 36.4 Å². The Balaban J connectivity index is 1.69. The Labute approximate surface area is 148 Å². The number of fused-ring (bicyclic) bond motifs is 1. The van der Waals surface area contributed by atoms with E-state index in [2.05, 4.69) is 5.32 Å². The maximum absolute atomic E-state index is 12.7. The number of halogens is 3. The summed E-state index contributed by atoms with van der Waals surface area (Å²) in [5.74, 6) is -0.0205. The first-order valence-corrected chi connectivity index (χ1v) is 7.96. The zero-order valence-electron chi connectivity index (χ0n) is 13.9. The number of amides is 1. The molecule has 0 spiro atoms. The van der Waals surface area contributed by atoms with Crippen LogP contribution in [0.15, 0.2) is 66.7 Å². The Bertz CT molecular complexity index is 937. The number of carbonyl (C=O) groups excluding carboxylic acids is 1. The van der Waals surface area contributed by atoms with Crippen molar-refractivity contribution < 1.29 is 22.7 Å². The van der Waals surface area contributed by atoms with Crippen LogP contribution < -0.4 is 10.1 Å². The summed E-state index contributed by atoms with van der Waals surface area (Å²) in [4.78, 5) is 12.2. The summed E-state index contributed by atoms with van der Waals surface area (Å²) in [5.41, 5.74) is -0.753. The van der Waals surface area contributed by atoms with E-state index in [1.54, 1.807) is 6.07 Å². The average Bonchev–Trinajstić information content (AvgIpc) is 2.61. The smallest absolute Gasteiger partial charge is 0.416 e. The maximum Gasteiger partial charge on any atom is 0.416 e. The minimum Gasteiger partial charge on any atom is -0.481 e. The predicted octanol–water partition coefficient (Wildman–Crippen LogP) is 5.26. The molecule has 1 unspecified atom stereocenters. The lowest BCUT2D eigenvalue weighted by Gasteiger charge is -2.16. The minimum atomic E-state index is -4.46. The van der Waals surface area contributed by atoms with Crippen molar-refractivity contribution in [2.45, 2.75) is 19.2 Å². The molecule has 1 atom stereocenters. The summed E-state index contributed by atoms with van der Waals surface area (Å²) in [6, 6.07) is 17.6. The van der Waals surface area contributed by atoms with Crippen LogP contribution in [0.25, 0.3) is 10.8 Å². The van der Waals surface area contributed by atoms with Gasteiger partial charge in [0.25, 0.3) is 5.91 Å². The first-order valence-electron chi connectivity index (χ1n) is 7.96. The SMILES string of the molecule is CC(Oc1ccc2ccccc2c1)C(=O)Nc1cccc(C(F)(F)F)c1. The lowest BCUT2D eigenvalue weighted by Crippen LogP contribution is -2.30. The van der Waals surface area contributed by atoms with Crippen LogP contribution >= 0.6 is 0 Å². The number of alkyl halides is 3. The average molecular weight is 359 g/mol. The van der Waals surface area contributed by atoms with Crippen LogP contribution in [0, 0.1) is 0 Å². The summed E-state index contributed by atoms with van der Waals surface area (Å²) in [6.07, 6.45) is -5.33. The Hall–Kier alpha value is -3.02. The van der Waals surface area contributed by atoms with Crippen LogP contribution in [0.5, 0.6) is 5.75 Å². The van der Waals surface area contributed by atoms with Gasteiger partial charge in [0.15, 0.2) is 6.10 Å². The fourth-order valence-electron chi connectivity index (χ4n) is 2.52. The van der Waals surface area contributed by atoms with Crippen LogP contribution in [0.2, 0.25) is 0 Å². The van der Waals surface area contributed by atoms with E-state index in [9.17, 15) is 18.0 Å². The molecule has 0 aliphatic heterocycles. The fourth-order valence-corrected chi connectivity index (χ4v) is 2.52. The van der Waals surface area contributed by atoms with Crippen molar-refractivity contribution in [3.05, 3.63) is 72.3 Å². The van der Waals surface area contributed by atoms with Crippen LogP contribution in [0.3, 0.4) is 0 Å². The molecule has 3 rings (SSSR count). The van der Waals surface area contributed by atoms with Crippen molar-refractivity contribution >= 4 is 22.4 Å². The van der Waals surface area contributed by atoms with Crippen molar-refractivity contribution in [3.8, 4) is 5.75 Å². The third-order valence-electron chi connectivity index (χ3n) is 3.86. The third-order valence-corrected chi connectivity index (χ3v) is 3.86. The molecule has 0 aliphatic carbocycles. The molecule has 6 heteroatoms. The van der Waals surface area contributed by atoms with Crippen LogP contribution in [0.4, 0.5) is 18.9 Å². The molecule has 0 aromatic heterocycles. The first kappa shape index (κ1) is 17.8. The summed E-state index contributed by atoms with van der Waals surface area (Å²) in [7, 11) is 0. The van der Waals surface area contributed by atoms with Gasteiger partial charge in [-0.15, -0.1) is 0 Å². The van der Waals surface area contributed by atoms with E-state index in [1.165, 1.54) is 19.1 Å². The van der Waals surface area contributed by atoms with Crippen molar-refractivity contribution in [1.29, 1.82) is 0 Å². The highest BCUT2D eigenvalue weighted by molar-refractivity contribution is 5.94. The standard InChI is InChI=1S/C20H16F3NO2/c1-13(26-18-10-9-14-5-2-3-6-15(14)11-18)19(25)24-17-8-4-7-16(12-17)20(21,22)23/h2-13H,1H3,(H,24,25). The molecular weight excluding hydrogens is 343 g/mol. The monoisotopic (exact) mass is 359 g/mol. The second-order valence-corrected chi connectivity index (χ2v) is 5.84. The number of hydrogen-bond acceptors (Lipinski definition) is 2. The lowest BCUT2D eigenvalue weighted by atomic mass is 10.1. The van der Waals surface area contributed by atoms with Crippen molar-refractivity contribution in [2.24, 2.45) is 0 Å².